The largest absolute Gasteiger partial charge is 0.497 e. The zero-order valence-electron chi connectivity index (χ0n) is 21.4. The molecule has 0 atom stereocenters. The van der Waals surface area contributed by atoms with Crippen LogP contribution in [0.4, 0.5) is 5.69 Å². The number of ether oxygens (including phenoxy) is 1. The van der Waals surface area contributed by atoms with Gasteiger partial charge in [0.15, 0.2) is 0 Å². The van der Waals surface area contributed by atoms with Crippen molar-refractivity contribution in [3.05, 3.63) is 48.0 Å². The number of likely N-dealkylation sites (N-methyl/N-ethyl adjacent to an activating group) is 1. The molecule has 10 nitrogen and oxygen atoms in total. The monoisotopic (exact) mass is 550 g/mol. The second-order valence-electron chi connectivity index (χ2n) is 9.53. The molecule has 0 aromatic heterocycles. The van der Waals surface area contributed by atoms with E-state index in [2.05, 4.69) is 10.2 Å². The number of aryl methyl sites for hydroxylation is 1. The lowest BCUT2D eigenvalue weighted by Gasteiger charge is -2.32. The van der Waals surface area contributed by atoms with E-state index in [9.17, 15) is 21.6 Å². The van der Waals surface area contributed by atoms with Crippen molar-refractivity contribution < 1.29 is 26.4 Å². The van der Waals surface area contributed by atoms with Gasteiger partial charge in [0.05, 0.1) is 16.9 Å². The minimum atomic E-state index is -3.68. The van der Waals surface area contributed by atoms with Crippen LogP contribution >= 0.6 is 0 Å². The average Bonchev–Trinajstić information content (AvgIpc) is 2.90. The Bertz CT molecular complexity index is 1330. The number of nitrogens with zero attached hydrogens (tertiary/aromatic N) is 3. The van der Waals surface area contributed by atoms with E-state index in [4.69, 9.17) is 4.74 Å². The highest BCUT2D eigenvalue weighted by Gasteiger charge is 2.33. The summed E-state index contributed by atoms with van der Waals surface area (Å²) in [4.78, 5) is 15.5. The molecule has 0 radical (unpaired) electrons. The molecule has 0 spiro atoms. The van der Waals surface area contributed by atoms with Crippen molar-refractivity contribution in [3.8, 4) is 5.75 Å². The van der Waals surface area contributed by atoms with Crippen LogP contribution in [0.3, 0.4) is 0 Å². The average molecular weight is 551 g/mol. The number of piperidine rings is 1. The fraction of sp³-hybridized carbons (Fsp3) is 0.480. The molecule has 2 saturated heterocycles. The number of piperazine rings is 1. The normalized spacial score (nSPS) is 19.0. The number of amides is 1. The number of benzene rings is 2. The third-order valence-corrected chi connectivity index (χ3v) is 11.0. The van der Waals surface area contributed by atoms with Crippen molar-refractivity contribution in [1.82, 2.24) is 13.5 Å². The van der Waals surface area contributed by atoms with Gasteiger partial charge in [-0.05, 0) is 68.8 Å². The molecule has 202 valence electrons. The van der Waals surface area contributed by atoms with E-state index in [-0.39, 0.29) is 34.7 Å². The minimum absolute atomic E-state index is 0.185. The van der Waals surface area contributed by atoms with Gasteiger partial charge < -0.3 is 15.0 Å². The van der Waals surface area contributed by atoms with Gasteiger partial charge >= 0.3 is 0 Å². The molecule has 2 fully saturated rings. The van der Waals surface area contributed by atoms with Crippen molar-refractivity contribution in [1.29, 1.82) is 0 Å². The molecular weight excluding hydrogens is 516 g/mol. The number of carbonyl (C=O) groups excluding carboxylic acids is 1. The van der Waals surface area contributed by atoms with Crippen LogP contribution in [0.1, 0.15) is 18.4 Å². The van der Waals surface area contributed by atoms with E-state index < -0.39 is 20.0 Å². The van der Waals surface area contributed by atoms with Gasteiger partial charge in [0, 0.05) is 50.9 Å². The van der Waals surface area contributed by atoms with Crippen molar-refractivity contribution in [2.24, 2.45) is 5.92 Å². The maximum absolute atomic E-state index is 13.3. The smallest absolute Gasteiger partial charge is 0.243 e. The Labute approximate surface area is 219 Å². The maximum atomic E-state index is 13.3. The fourth-order valence-corrected chi connectivity index (χ4v) is 7.77. The third-order valence-electron chi connectivity index (χ3n) is 7.06. The predicted octanol–water partition coefficient (Wildman–Crippen LogP) is 1.98. The van der Waals surface area contributed by atoms with Gasteiger partial charge in [0.25, 0.3) is 0 Å². The van der Waals surface area contributed by atoms with Crippen molar-refractivity contribution in [2.45, 2.75) is 29.6 Å². The lowest BCUT2D eigenvalue weighted by Crippen LogP contribution is -2.47. The molecule has 2 aromatic carbocycles. The van der Waals surface area contributed by atoms with Crippen LogP contribution in [0.2, 0.25) is 0 Å². The minimum Gasteiger partial charge on any atom is -0.497 e. The van der Waals surface area contributed by atoms with Crippen LogP contribution in [0.5, 0.6) is 5.75 Å². The van der Waals surface area contributed by atoms with Crippen molar-refractivity contribution >= 4 is 31.6 Å². The standard InChI is InChI=1S/C25H34N4O6S2/c1-19-4-5-21(18-24(19)37(33,34)29-16-14-27(2)15-17-29)26-25(30)20-10-12-28(13-11-20)36(31,32)23-8-6-22(35-3)7-9-23/h4-9,18,20H,10-17H2,1-3H3,(H,26,30). The van der Waals surface area contributed by atoms with Crippen LogP contribution < -0.4 is 10.1 Å². The molecule has 0 unspecified atom stereocenters. The van der Waals surface area contributed by atoms with E-state index >= 15 is 0 Å². The number of sulfonamides is 2. The Morgan fingerprint density at radius 1 is 0.865 bits per heavy atom. The fourth-order valence-electron chi connectivity index (χ4n) is 4.62. The first-order valence-electron chi connectivity index (χ1n) is 12.3. The molecule has 1 amide bonds. The number of anilines is 1. The molecule has 2 aromatic rings. The first-order valence-corrected chi connectivity index (χ1v) is 15.1. The summed E-state index contributed by atoms with van der Waals surface area (Å²) in [6.45, 7) is 4.38. The number of carbonyl (C=O) groups is 1. The molecule has 4 rings (SSSR count). The van der Waals surface area contributed by atoms with Crippen LogP contribution in [-0.4, -0.2) is 89.7 Å². The molecule has 2 heterocycles. The number of nitrogens with one attached hydrogen (secondary N) is 1. The Balaban J connectivity index is 1.40. The number of hydrogen-bond donors (Lipinski definition) is 1. The zero-order valence-corrected chi connectivity index (χ0v) is 23.0. The molecular formula is C25H34N4O6S2. The van der Waals surface area contributed by atoms with E-state index in [1.807, 2.05) is 7.05 Å². The van der Waals surface area contributed by atoms with Gasteiger partial charge in [0.1, 0.15) is 5.75 Å². The van der Waals surface area contributed by atoms with E-state index in [0.717, 1.165) is 0 Å². The Hall–Kier alpha value is -2.51. The molecule has 0 aliphatic carbocycles. The van der Waals surface area contributed by atoms with Crippen molar-refractivity contribution in [2.75, 3.05) is 58.7 Å². The first-order chi connectivity index (χ1) is 17.5. The molecule has 2 aliphatic heterocycles. The Morgan fingerprint density at radius 3 is 2.05 bits per heavy atom. The summed E-state index contributed by atoms with van der Waals surface area (Å²) in [6.07, 6.45) is 0.749. The van der Waals surface area contributed by atoms with Gasteiger partial charge in [-0.2, -0.15) is 8.61 Å². The Morgan fingerprint density at radius 2 is 1.46 bits per heavy atom. The van der Waals surface area contributed by atoms with Crippen LogP contribution in [0.15, 0.2) is 52.3 Å². The summed E-state index contributed by atoms with van der Waals surface area (Å²) in [5.41, 5.74) is 1.03. The lowest BCUT2D eigenvalue weighted by atomic mass is 9.97. The summed E-state index contributed by atoms with van der Waals surface area (Å²) < 4.78 is 60.5. The van der Waals surface area contributed by atoms with E-state index in [0.29, 0.717) is 56.0 Å². The topological polar surface area (TPSA) is 116 Å². The van der Waals surface area contributed by atoms with E-state index in [1.54, 1.807) is 31.2 Å². The second kappa shape index (κ2) is 11.1. The van der Waals surface area contributed by atoms with Gasteiger partial charge in [-0.1, -0.05) is 6.07 Å². The summed E-state index contributed by atoms with van der Waals surface area (Å²) in [6, 6.07) is 11.1. The molecule has 12 heteroatoms. The second-order valence-corrected chi connectivity index (χ2v) is 13.4. The van der Waals surface area contributed by atoms with E-state index in [1.165, 1.54) is 33.9 Å². The van der Waals surface area contributed by atoms with Gasteiger partial charge in [-0.3, -0.25) is 4.79 Å². The van der Waals surface area contributed by atoms with Crippen LogP contribution in [0, 0.1) is 12.8 Å². The summed E-state index contributed by atoms with van der Waals surface area (Å²) in [5.74, 6) is -0.0421. The van der Waals surface area contributed by atoms with Crippen LogP contribution in [0.25, 0.3) is 0 Å². The summed E-state index contributed by atoms with van der Waals surface area (Å²) in [5, 5.41) is 2.85. The first kappa shape index (κ1) is 27.5. The highest BCUT2D eigenvalue weighted by molar-refractivity contribution is 7.89. The predicted molar refractivity (Wildman–Crippen MR) is 141 cm³/mol. The highest BCUT2D eigenvalue weighted by Crippen LogP contribution is 2.28. The SMILES string of the molecule is COc1ccc(S(=O)(=O)N2CCC(C(=O)Nc3ccc(C)c(S(=O)(=O)N4CCN(C)CC4)c3)CC2)cc1. The van der Waals surface area contributed by atoms with Gasteiger partial charge in [-0.15, -0.1) is 0 Å². The number of hydrogen-bond acceptors (Lipinski definition) is 7. The Kier molecular flexibility index (Phi) is 8.24. The third kappa shape index (κ3) is 5.99. The highest BCUT2D eigenvalue weighted by atomic mass is 32.2. The van der Waals surface area contributed by atoms with Crippen molar-refractivity contribution in [3.63, 3.8) is 0 Å². The summed E-state index contributed by atoms with van der Waals surface area (Å²) >= 11 is 0. The molecule has 0 saturated carbocycles. The molecule has 1 N–H and O–H groups in total. The molecule has 0 bridgehead atoms. The van der Waals surface area contributed by atoms with Gasteiger partial charge in [0.2, 0.25) is 26.0 Å². The number of rotatable bonds is 7. The van der Waals surface area contributed by atoms with Crippen LogP contribution in [-0.2, 0) is 24.8 Å². The molecule has 2 aliphatic rings. The maximum Gasteiger partial charge on any atom is 0.243 e. The summed E-state index contributed by atoms with van der Waals surface area (Å²) in [7, 11) is -3.86. The zero-order chi connectivity index (χ0) is 26.8. The molecule has 37 heavy (non-hydrogen) atoms. The quantitative estimate of drug-likeness (QED) is 0.560. The lowest BCUT2D eigenvalue weighted by molar-refractivity contribution is -0.120. The van der Waals surface area contributed by atoms with Gasteiger partial charge in [-0.25, -0.2) is 16.8 Å². The number of methoxy groups -OCH3 is 1.